The number of rotatable bonds is 3. The van der Waals surface area contributed by atoms with Gasteiger partial charge in [-0.1, -0.05) is 24.2 Å². The summed E-state index contributed by atoms with van der Waals surface area (Å²) in [6.07, 6.45) is 1.45. The normalized spacial score (nSPS) is 13.2. The van der Waals surface area contributed by atoms with Crippen LogP contribution in [0.1, 0.15) is 15.2 Å². The molecule has 3 rings (SSSR count). The summed E-state index contributed by atoms with van der Waals surface area (Å²) in [5, 5.41) is 0.414. The van der Waals surface area contributed by atoms with E-state index >= 15 is 0 Å². The lowest BCUT2D eigenvalue weighted by atomic mass is 9.64. The molecule has 0 saturated carbocycles. The van der Waals surface area contributed by atoms with Crippen LogP contribution < -0.4 is 10.2 Å². The minimum atomic E-state index is -0.409. The molecule has 5 nitrogen and oxygen atoms in total. The molecule has 1 aliphatic heterocycles. The Morgan fingerprint density at radius 2 is 2.35 bits per heavy atom. The third-order valence-electron chi connectivity index (χ3n) is 3.12. The molecule has 0 saturated heterocycles. The second-order valence-corrected chi connectivity index (χ2v) is 5.39. The monoisotopic (exact) mass is 289 g/mol. The van der Waals surface area contributed by atoms with Gasteiger partial charge in [0.2, 0.25) is 0 Å². The van der Waals surface area contributed by atoms with Crippen LogP contribution in [-0.4, -0.2) is 25.0 Å². The van der Waals surface area contributed by atoms with Crippen molar-refractivity contribution in [3.05, 3.63) is 34.8 Å². The first-order chi connectivity index (χ1) is 9.67. The fourth-order valence-electron chi connectivity index (χ4n) is 2.07. The van der Waals surface area contributed by atoms with E-state index in [4.69, 9.17) is 9.39 Å². The summed E-state index contributed by atoms with van der Waals surface area (Å²) in [5.41, 5.74) is 2.31. The Hall–Kier alpha value is -1.86. The van der Waals surface area contributed by atoms with E-state index in [0.29, 0.717) is 22.4 Å². The molecule has 0 atom stereocenters. The number of esters is 1. The molecule has 0 spiro atoms. The number of carbonyl (C=O) groups excluding carboxylic acids is 1. The summed E-state index contributed by atoms with van der Waals surface area (Å²) < 4.78 is 15.8. The molecule has 1 aromatic heterocycles. The molecule has 1 aliphatic rings. The highest BCUT2D eigenvalue weighted by atomic mass is 32.1. The van der Waals surface area contributed by atoms with Gasteiger partial charge in [0, 0.05) is 0 Å². The summed E-state index contributed by atoms with van der Waals surface area (Å²) in [4.78, 5) is 15.8. The quantitative estimate of drug-likeness (QED) is 0.639. The van der Waals surface area contributed by atoms with E-state index in [1.807, 2.05) is 25.0 Å². The summed E-state index contributed by atoms with van der Waals surface area (Å²) in [6.45, 7) is 2.75. The summed E-state index contributed by atoms with van der Waals surface area (Å²) >= 11 is 1.16. The number of ether oxygens (including phenoxy) is 2. The minimum Gasteiger partial charge on any atom is -0.465 e. The van der Waals surface area contributed by atoms with Crippen molar-refractivity contribution in [2.75, 3.05) is 7.11 Å². The molecule has 0 amide bonds. The number of hydrogen-bond donors (Lipinski definition) is 0. The lowest BCUT2D eigenvalue weighted by Gasteiger charge is -2.04. The third-order valence-corrected chi connectivity index (χ3v) is 3.97. The Balaban J connectivity index is 1.78. The van der Waals surface area contributed by atoms with Gasteiger partial charge in [-0.15, -0.1) is 0 Å². The molecule has 2 heterocycles. The number of benzene rings is 1. The van der Waals surface area contributed by atoms with Crippen LogP contribution in [0, 0.1) is 0 Å². The second-order valence-electron chi connectivity index (χ2n) is 4.40. The number of aromatic nitrogens is 1. The van der Waals surface area contributed by atoms with Crippen molar-refractivity contribution in [2.24, 2.45) is 0 Å². The minimum absolute atomic E-state index is 0.129. The highest BCUT2D eigenvalue weighted by Crippen LogP contribution is 2.28. The standard InChI is InChI=1S/C13H12BNO4S/c1-14-10-4-3-9(5-8(10)7-18-14)19-13-15-6-11(20-13)12(16)17-2/h3-6H,7H2,1-2H3. The van der Waals surface area contributed by atoms with Crippen LogP contribution in [0.4, 0.5) is 0 Å². The SMILES string of the molecule is COC(=O)c1cnc(Oc2ccc3c(c2)COB3C)s1. The second kappa shape index (κ2) is 5.26. The number of thiazole rings is 1. The molecule has 102 valence electrons. The van der Waals surface area contributed by atoms with Gasteiger partial charge in [0.15, 0.2) is 0 Å². The van der Waals surface area contributed by atoms with Crippen LogP contribution in [-0.2, 0) is 16.0 Å². The lowest BCUT2D eigenvalue weighted by molar-refractivity contribution is 0.0606. The third kappa shape index (κ3) is 2.42. The molecular formula is C13H12BNO4S. The Bertz CT molecular complexity index is 658. The van der Waals surface area contributed by atoms with Gasteiger partial charge in [-0.3, -0.25) is 0 Å². The molecule has 0 radical (unpaired) electrons. The fourth-order valence-corrected chi connectivity index (χ4v) is 2.78. The smallest absolute Gasteiger partial charge is 0.349 e. The van der Waals surface area contributed by atoms with Crippen molar-refractivity contribution < 1.29 is 18.9 Å². The first-order valence-corrected chi connectivity index (χ1v) is 6.95. The van der Waals surface area contributed by atoms with Gasteiger partial charge in [0.25, 0.3) is 5.19 Å². The maximum Gasteiger partial charge on any atom is 0.349 e. The number of nitrogens with zero attached hydrogens (tertiary/aromatic N) is 1. The predicted octanol–water partition coefficient (Wildman–Crippen LogP) is 2.08. The van der Waals surface area contributed by atoms with E-state index < -0.39 is 5.97 Å². The highest BCUT2D eigenvalue weighted by Gasteiger charge is 2.23. The zero-order valence-corrected chi connectivity index (χ0v) is 11.9. The maximum atomic E-state index is 11.3. The molecule has 0 N–H and O–H groups in total. The first-order valence-electron chi connectivity index (χ1n) is 6.14. The number of methoxy groups -OCH3 is 1. The van der Waals surface area contributed by atoms with Gasteiger partial charge in [0.1, 0.15) is 10.6 Å². The van der Waals surface area contributed by atoms with E-state index in [0.717, 1.165) is 16.9 Å². The molecule has 0 aliphatic carbocycles. The topological polar surface area (TPSA) is 57.7 Å². The number of carbonyl (C=O) groups is 1. The molecule has 0 fully saturated rings. The summed E-state index contributed by atoms with van der Waals surface area (Å²) in [5.74, 6) is 0.278. The van der Waals surface area contributed by atoms with Crippen molar-refractivity contribution in [1.29, 1.82) is 0 Å². The summed E-state index contributed by atoms with van der Waals surface area (Å²) in [6, 6.07) is 5.82. The number of hydrogen-bond acceptors (Lipinski definition) is 6. The Labute approximate surface area is 120 Å². The number of fused-ring (bicyclic) bond motifs is 1. The van der Waals surface area contributed by atoms with E-state index in [2.05, 4.69) is 9.72 Å². The van der Waals surface area contributed by atoms with Crippen LogP contribution in [0.3, 0.4) is 0 Å². The van der Waals surface area contributed by atoms with Gasteiger partial charge < -0.3 is 14.1 Å². The average Bonchev–Trinajstić information content (AvgIpc) is 3.06. The van der Waals surface area contributed by atoms with Crippen molar-refractivity contribution in [1.82, 2.24) is 4.98 Å². The molecule has 7 heteroatoms. The van der Waals surface area contributed by atoms with E-state index in [1.165, 1.54) is 18.8 Å². The molecule has 20 heavy (non-hydrogen) atoms. The average molecular weight is 289 g/mol. The molecule has 1 aromatic carbocycles. The zero-order chi connectivity index (χ0) is 14.1. The van der Waals surface area contributed by atoms with Crippen LogP contribution in [0.2, 0.25) is 6.82 Å². The van der Waals surface area contributed by atoms with E-state index in [1.54, 1.807) is 0 Å². The van der Waals surface area contributed by atoms with Gasteiger partial charge in [-0.05, 0) is 23.2 Å². The Morgan fingerprint density at radius 1 is 1.50 bits per heavy atom. The van der Waals surface area contributed by atoms with Crippen molar-refractivity contribution in [3.8, 4) is 10.9 Å². The Kier molecular flexibility index (Phi) is 3.46. The molecule has 0 bridgehead atoms. The molecular weight excluding hydrogens is 277 g/mol. The highest BCUT2D eigenvalue weighted by molar-refractivity contribution is 7.15. The van der Waals surface area contributed by atoms with E-state index in [9.17, 15) is 4.79 Å². The van der Waals surface area contributed by atoms with Gasteiger partial charge in [-0.25, -0.2) is 9.78 Å². The van der Waals surface area contributed by atoms with Crippen molar-refractivity contribution >= 4 is 29.7 Å². The Morgan fingerprint density at radius 3 is 3.15 bits per heavy atom. The van der Waals surface area contributed by atoms with Gasteiger partial charge in [0.05, 0.1) is 19.9 Å². The van der Waals surface area contributed by atoms with Crippen LogP contribution in [0.25, 0.3) is 0 Å². The fraction of sp³-hybridized carbons (Fsp3) is 0.231. The van der Waals surface area contributed by atoms with E-state index in [-0.39, 0.29) is 6.92 Å². The van der Waals surface area contributed by atoms with Crippen LogP contribution in [0.15, 0.2) is 24.4 Å². The molecule has 0 unspecified atom stereocenters. The first kappa shape index (κ1) is 13.1. The van der Waals surface area contributed by atoms with Crippen molar-refractivity contribution in [3.63, 3.8) is 0 Å². The lowest BCUT2D eigenvalue weighted by Crippen LogP contribution is -2.23. The maximum absolute atomic E-state index is 11.3. The summed E-state index contributed by atoms with van der Waals surface area (Å²) in [7, 11) is 1.34. The molecule has 2 aromatic rings. The zero-order valence-electron chi connectivity index (χ0n) is 11.1. The predicted molar refractivity (Wildman–Crippen MR) is 76.0 cm³/mol. The van der Waals surface area contributed by atoms with Crippen LogP contribution in [0.5, 0.6) is 10.9 Å². The van der Waals surface area contributed by atoms with Gasteiger partial charge in [-0.2, -0.15) is 0 Å². The van der Waals surface area contributed by atoms with Crippen molar-refractivity contribution in [2.45, 2.75) is 13.4 Å². The van der Waals surface area contributed by atoms with Crippen LogP contribution >= 0.6 is 11.3 Å². The largest absolute Gasteiger partial charge is 0.465 e. The van der Waals surface area contributed by atoms with Gasteiger partial charge >= 0.3 is 12.9 Å².